The van der Waals surface area contributed by atoms with E-state index in [1.807, 2.05) is 0 Å². The summed E-state index contributed by atoms with van der Waals surface area (Å²) in [5, 5.41) is 0. The summed E-state index contributed by atoms with van der Waals surface area (Å²) in [5.74, 6) is -1.43. The summed E-state index contributed by atoms with van der Waals surface area (Å²) in [5.41, 5.74) is -0.0687. The van der Waals surface area contributed by atoms with Crippen LogP contribution in [0.2, 0.25) is 0 Å². The molecule has 0 saturated heterocycles. The lowest BCUT2D eigenvalue weighted by atomic mass is 10.1. The van der Waals surface area contributed by atoms with Gasteiger partial charge in [-0.15, -0.1) is 0 Å². The number of sulfonamides is 1. The van der Waals surface area contributed by atoms with Gasteiger partial charge >= 0.3 is 0 Å². The molecule has 2 aromatic rings. The zero-order chi connectivity index (χ0) is 15.5. The van der Waals surface area contributed by atoms with Gasteiger partial charge in [0.2, 0.25) is 15.6 Å². The zero-order valence-electron chi connectivity index (χ0n) is 10.8. The van der Waals surface area contributed by atoms with Crippen molar-refractivity contribution in [2.24, 2.45) is 0 Å². The largest absolute Gasteiger partial charge is 0.328 e. The van der Waals surface area contributed by atoms with Crippen molar-refractivity contribution in [2.45, 2.75) is 11.3 Å². The number of pyridine rings is 1. The molecule has 5 nitrogen and oxygen atoms in total. The Bertz CT molecular complexity index is 763. The quantitative estimate of drug-likeness (QED) is 0.869. The first-order chi connectivity index (χ1) is 9.87. The lowest BCUT2D eigenvalue weighted by molar-refractivity contribution is 0.576. The number of rotatable bonds is 5. The first-order valence-electron chi connectivity index (χ1n) is 6.00. The summed E-state index contributed by atoms with van der Waals surface area (Å²) in [7, 11) is -3.78. The topological polar surface area (TPSA) is 79.0 Å². The maximum Gasteiger partial charge on any atom is 0.247 e. The molecule has 1 heterocycles. The highest BCUT2D eigenvalue weighted by atomic mass is 32.2. The van der Waals surface area contributed by atoms with E-state index in [4.69, 9.17) is 0 Å². The highest BCUT2D eigenvalue weighted by molar-refractivity contribution is 7.89. The summed E-state index contributed by atoms with van der Waals surface area (Å²) in [4.78, 5) is 13.0. The van der Waals surface area contributed by atoms with Crippen LogP contribution in [0.1, 0.15) is 5.56 Å². The van der Waals surface area contributed by atoms with Gasteiger partial charge in [0.15, 0.2) is 0 Å². The molecule has 0 aliphatic heterocycles. The van der Waals surface area contributed by atoms with Crippen LogP contribution in [0, 0.1) is 11.6 Å². The molecule has 0 radical (unpaired) electrons. The molecule has 0 saturated carbocycles. The van der Waals surface area contributed by atoms with Gasteiger partial charge in [0.05, 0.1) is 4.90 Å². The SMILES string of the molecule is O=c1ccc(S(=O)(=O)NCCc2cc(F)cc(F)c2)c[nH]1. The molecule has 112 valence electrons. The van der Waals surface area contributed by atoms with Gasteiger partial charge in [0.25, 0.3) is 0 Å². The Hall–Kier alpha value is -2.06. The molecule has 8 heteroatoms. The molecule has 1 aromatic heterocycles. The molecule has 0 aliphatic carbocycles. The minimum atomic E-state index is -3.78. The van der Waals surface area contributed by atoms with Gasteiger partial charge < -0.3 is 4.98 Å². The molecule has 21 heavy (non-hydrogen) atoms. The smallest absolute Gasteiger partial charge is 0.247 e. The van der Waals surface area contributed by atoms with Crippen molar-refractivity contribution in [3.63, 3.8) is 0 Å². The van der Waals surface area contributed by atoms with Gasteiger partial charge in [-0.1, -0.05) is 0 Å². The van der Waals surface area contributed by atoms with Crippen LogP contribution in [-0.4, -0.2) is 19.9 Å². The fourth-order valence-corrected chi connectivity index (χ4v) is 2.73. The molecule has 0 aliphatic rings. The van der Waals surface area contributed by atoms with Gasteiger partial charge in [0, 0.05) is 24.9 Å². The van der Waals surface area contributed by atoms with E-state index in [0.717, 1.165) is 30.5 Å². The predicted molar refractivity (Wildman–Crippen MR) is 72.3 cm³/mol. The molecule has 0 atom stereocenters. The molecule has 0 spiro atoms. The Morgan fingerprint density at radius 1 is 1.10 bits per heavy atom. The summed E-state index contributed by atoms with van der Waals surface area (Å²) in [6, 6.07) is 5.28. The molecule has 2 N–H and O–H groups in total. The van der Waals surface area contributed by atoms with E-state index in [9.17, 15) is 22.0 Å². The molecule has 0 bridgehead atoms. The Balaban J connectivity index is 2.02. The average Bonchev–Trinajstić information content (AvgIpc) is 2.37. The van der Waals surface area contributed by atoms with Crippen molar-refractivity contribution in [1.82, 2.24) is 9.71 Å². The van der Waals surface area contributed by atoms with E-state index in [1.165, 1.54) is 6.07 Å². The second-order valence-electron chi connectivity index (χ2n) is 4.31. The number of nitrogens with one attached hydrogen (secondary N) is 2. The lowest BCUT2D eigenvalue weighted by Gasteiger charge is -2.06. The third kappa shape index (κ3) is 4.20. The standard InChI is InChI=1S/C13H12F2N2O3S/c14-10-5-9(6-11(15)7-10)3-4-17-21(19,20)12-1-2-13(18)16-8-12/h1-2,5-8,17H,3-4H2,(H,16,18). The summed E-state index contributed by atoms with van der Waals surface area (Å²) < 4.78 is 52.0. The number of benzene rings is 1. The zero-order valence-corrected chi connectivity index (χ0v) is 11.6. The molecule has 1 aromatic carbocycles. The van der Waals surface area contributed by atoms with Crippen LogP contribution in [0.3, 0.4) is 0 Å². The van der Waals surface area contributed by atoms with E-state index in [1.54, 1.807) is 0 Å². The Kier molecular flexibility index (Phi) is 4.49. The van der Waals surface area contributed by atoms with Crippen molar-refractivity contribution in [1.29, 1.82) is 0 Å². The van der Waals surface area contributed by atoms with Crippen molar-refractivity contribution < 1.29 is 17.2 Å². The second kappa shape index (κ2) is 6.15. The van der Waals surface area contributed by atoms with E-state index in [2.05, 4.69) is 9.71 Å². The van der Waals surface area contributed by atoms with Crippen LogP contribution in [0.15, 0.2) is 46.2 Å². The number of H-pyrrole nitrogens is 1. The monoisotopic (exact) mass is 314 g/mol. The van der Waals surface area contributed by atoms with Gasteiger partial charge in [0.1, 0.15) is 11.6 Å². The minimum Gasteiger partial charge on any atom is -0.328 e. The van der Waals surface area contributed by atoms with Crippen molar-refractivity contribution in [2.75, 3.05) is 6.54 Å². The fraction of sp³-hybridized carbons (Fsp3) is 0.154. The maximum absolute atomic E-state index is 13.0. The molecule has 2 rings (SSSR count). The number of aromatic nitrogens is 1. The molecular formula is C13H12F2N2O3S. The van der Waals surface area contributed by atoms with Crippen LogP contribution >= 0.6 is 0 Å². The average molecular weight is 314 g/mol. The summed E-state index contributed by atoms with van der Waals surface area (Å²) in [6.07, 6.45) is 1.21. The summed E-state index contributed by atoms with van der Waals surface area (Å²) in [6.45, 7) is -0.0235. The number of halogens is 2. The first-order valence-corrected chi connectivity index (χ1v) is 7.48. The second-order valence-corrected chi connectivity index (χ2v) is 6.08. The van der Waals surface area contributed by atoms with Crippen molar-refractivity contribution in [3.8, 4) is 0 Å². The van der Waals surface area contributed by atoms with Crippen molar-refractivity contribution in [3.05, 3.63) is 64.1 Å². The van der Waals surface area contributed by atoms with E-state index >= 15 is 0 Å². The summed E-state index contributed by atoms with van der Waals surface area (Å²) >= 11 is 0. The third-order valence-corrected chi connectivity index (χ3v) is 4.15. The number of hydrogen-bond acceptors (Lipinski definition) is 3. The Labute approximate surface area is 119 Å². The van der Waals surface area contributed by atoms with Crippen LogP contribution in [0.25, 0.3) is 0 Å². The minimum absolute atomic E-state index is 0.0235. The lowest BCUT2D eigenvalue weighted by Crippen LogP contribution is -2.26. The van der Waals surface area contributed by atoms with Crippen LogP contribution < -0.4 is 10.3 Å². The maximum atomic E-state index is 13.0. The van der Waals surface area contributed by atoms with Gasteiger partial charge in [-0.2, -0.15) is 0 Å². The normalized spacial score (nSPS) is 11.5. The third-order valence-electron chi connectivity index (χ3n) is 2.69. The van der Waals surface area contributed by atoms with Crippen molar-refractivity contribution >= 4 is 10.0 Å². The van der Waals surface area contributed by atoms with Gasteiger partial charge in [-0.05, 0) is 30.2 Å². The number of aromatic amines is 1. The van der Waals surface area contributed by atoms with Gasteiger partial charge in [-0.25, -0.2) is 21.9 Å². The van der Waals surface area contributed by atoms with Crippen LogP contribution in [0.4, 0.5) is 8.78 Å². The van der Waals surface area contributed by atoms with Gasteiger partial charge in [-0.3, -0.25) is 4.79 Å². The molecule has 0 amide bonds. The van der Waals surface area contributed by atoms with E-state index < -0.39 is 27.2 Å². The molecule has 0 fully saturated rings. The fourth-order valence-electron chi connectivity index (χ4n) is 1.73. The first kappa shape index (κ1) is 15.3. The molecule has 0 unspecified atom stereocenters. The predicted octanol–water partition coefficient (Wildman–Crippen LogP) is 1.17. The van der Waals surface area contributed by atoms with E-state index in [-0.39, 0.29) is 17.9 Å². The van der Waals surface area contributed by atoms with Crippen LogP contribution in [0.5, 0.6) is 0 Å². The van der Waals surface area contributed by atoms with Crippen LogP contribution in [-0.2, 0) is 16.4 Å². The van der Waals surface area contributed by atoms with E-state index in [0.29, 0.717) is 5.56 Å². The number of hydrogen-bond donors (Lipinski definition) is 2. The highest BCUT2D eigenvalue weighted by Gasteiger charge is 2.13. The molecular weight excluding hydrogens is 302 g/mol. The highest BCUT2D eigenvalue weighted by Crippen LogP contribution is 2.09. The Morgan fingerprint density at radius 3 is 2.33 bits per heavy atom. The Morgan fingerprint density at radius 2 is 1.76 bits per heavy atom.